The first-order valence-electron chi connectivity index (χ1n) is 22.8. The van der Waals surface area contributed by atoms with E-state index in [1.165, 1.54) is 19.3 Å². The highest BCUT2D eigenvalue weighted by Crippen LogP contribution is 2.50. The molecule has 4 saturated heterocycles. The van der Waals surface area contributed by atoms with Gasteiger partial charge in [-0.3, -0.25) is 4.90 Å². The zero-order valence-electron chi connectivity index (χ0n) is 35.2. The normalized spacial score (nSPS) is 29.3. The number of anilines is 2. The van der Waals surface area contributed by atoms with Crippen molar-refractivity contribution < 1.29 is 18.3 Å². The number of imidazole rings is 2. The lowest BCUT2D eigenvalue weighted by molar-refractivity contribution is 0.0130. The number of carbonyl (C=O) groups excluding carboxylic acids is 1. The molecule has 6 fully saturated rings. The van der Waals surface area contributed by atoms with Gasteiger partial charge in [0.1, 0.15) is 22.9 Å². The van der Waals surface area contributed by atoms with Gasteiger partial charge in [0.05, 0.1) is 46.2 Å². The van der Waals surface area contributed by atoms with Gasteiger partial charge in [-0.15, -0.1) is 0 Å². The Morgan fingerprint density at radius 1 is 0.717 bits per heavy atom. The van der Waals surface area contributed by atoms with Crippen molar-refractivity contribution in [2.45, 2.75) is 146 Å². The number of rotatable bonds is 6. The average molecular weight is 817 g/mol. The fraction of sp³-hybridized carbons (Fsp3) is 0.562. The summed E-state index contributed by atoms with van der Waals surface area (Å²) in [5.74, 6) is 1.92. The van der Waals surface area contributed by atoms with Gasteiger partial charge in [0.25, 0.3) is 0 Å². The molecule has 10 nitrogen and oxygen atoms in total. The number of H-pyrrole nitrogens is 2. The first kappa shape index (κ1) is 38.2. The molecule has 0 spiro atoms. The lowest BCUT2D eigenvalue weighted by Crippen LogP contribution is -2.41. The number of benzene rings is 3. The molecule has 6 aliphatic rings. The van der Waals surface area contributed by atoms with Gasteiger partial charge in [-0.2, -0.15) is 0 Å². The summed E-state index contributed by atoms with van der Waals surface area (Å²) in [7, 11) is 0. The topological polar surface area (TPSA) is 105 Å². The second-order valence-electron chi connectivity index (χ2n) is 19.8. The minimum Gasteiger partial charge on any atom is -0.444 e. The summed E-state index contributed by atoms with van der Waals surface area (Å²) in [6.07, 6.45) is 13.3. The predicted octanol–water partition coefficient (Wildman–Crippen LogP) is 10.8. The van der Waals surface area contributed by atoms with Crippen LogP contribution >= 0.6 is 0 Å². The Morgan fingerprint density at radius 3 is 2.02 bits per heavy atom. The number of ether oxygens (including phenoxy) is 1. The molecule has 1 amide bonds. The van der Waals surface area contributed by atoms with Crippen LogP contribution in [0.4, 0.5) is 25.0 Å². The summed E-state index contributed by atoms with van der Waals surface area (Å²) in [5, 5.41) is 3.84. The van der Waals surface area contributed by atoms with Gasteiger partial charge >= 0.3 is 6.09 Å². The SMILES string of the molecule is CC(C)(C)OC(=O)N1[C@H](c2nc3ccc([C@H]4CCC(c5ccc6nc([C@@H]7CC8CCCC8N7)[nH]c6c5)N4c4cc(F)c(N5CCCCC5)c(F)c4)cc3[nH]2)C[C@@H]2CCC[C@@H]21. The molecule has 2 saturated carbocycles. The molecular formula is C48H58F2N8O2. The second-order valence-corrected chi connectivity index (χ2v) is 19.8. The van der Waals surface area contributed by atoms with Gasteiger partial charge in [-0.25, -0.2) is 23.5 Å². The molecule has 11 rings (SSSR count). The number of hydrogen-bond acceptors (Lipinski definition) is 7. The van der Waals surface area contributed by atoms with Gasteiger partial charge in [-0.05, 0) is 151 Å². The van der Waals surface area contributed by atoms with Crippen LogP contribution in [0.2, 0.25) is 0 Å². The van der Waals surface area contributed by atoms with Crippen LogP contribution in [0, 0.1) is 23.5 Å². The molecular weight excluding hydrogens is 759 g/mol. The summed E-state index contributed by atoms with van der Waals surface area (Å²) in [4.78, 5) is 37.2. The summed E-state index contributed by atoms with van der Waals surface area (Å²) in [6.45, 7) is 7.07. The number of aromatic nitrogens is 4. The van der Waals surface area contributed by atoms with Crippen molar-refractivity contribution in [2.75, 3.05) is 22.9 Å². The Hall–Kier alpha value is -4.71. The largest absolute Gasteiger partial charge is 0.444 e. The van der Waals surface area contributed by atoms with E-state index in [9.17, 15) is 4.79 Å². The molecule has 5 aromatic rings. The van der Waals surface area contributed by atoms with Crippen molar-refractivity contribution >= 4 is 39.5 Å². The Bertz CT molecular complexity index is 2400. The minimum absolute atomic E-state index is 0.0877. The zero-order valence-corrected chi connectivity index (χ0v) is 35.2. The summed E-state index contributed by atoms with van der Waals surface area (Å²) in [6, 6.07) is 16.4. The number of nitrogens with zero attached hydrogens (tertiary/aromatic N) is 5. The molecule has 0 bridgehead atoms. The van der Waals surface area contributed by atoms with E-state index in [1.807, 2.05) is 36.6 Å². The summed E-state index contributed by atoms with van der Waals surface area (Å²) >= 11 is 0. The first-order valence-corrected chi connectivity index (χ1v) is 22.8. The number of nitrogens with one attached hydrogen (secondary N) is 3. The fourth-order valence-corrected chi connectivity index (χ4v) is 12.2. The van der Waals surface area contributed by atoms with E-state index in [2.05, 4.69) is 50.5 Å². The number of likely N-dealkylation sites (tertiary alicyclic amines) is 1. The molecule has 2 aliphatic carbocycles. The Labute approximate surface area is 350 Å². The van der Waals surface area contributed by atoms with Gasteiger partial charge in [0.2, 0.25) is 0 Å². The molecule has 4 aliphatic heterocycles. The van der Waals surface area contributed by atoms with Crippen LogP contribution in [-0.2, 0) is 4.74 Å². The van der Waals surface area contributed by atoms with Crippen LogP contribution in [0.1, 0.15) is 151 Å². The molecule has 6 heterocycles. The van der Waals surface area contributed by atoms with Crippen molar-refractivity contribution in [1.82, 2.24) is 30.2 Å². The van der Waals surface area contributed by atoms with E-state index in [0.717, 1.165) is 115 Å². The van der Waals surface area contributed by atoms with Crippen molar-refractivity contribution in [2.24, 2.45) is 11.8 Å². The quantitative estimate of drug-likeness (QED) is 0.157. The second kappa shape index (κ2) is 14.7. The van der Waals surface area contributed by atoms with E-state index in [1.54, 1.807) is 12.1 Å². The molecule has 12 heteroatoms. The van der Waals surface area contributed by atoms with Crippen molar-refractivity contribution in [3.8, 4) is 0 Å². The van der Waals surface area contributed by atoms with Crippen molar-refractivity contribution in [1.29, 1.82) is 0 Å². The number of hydrogen-bond donors (Lipinski definition) is 3. The van der Waals surface area contributed by atoms with Gasteiger partial charge < -0.3 is 29.8 Å². The molecule has 8 atom stereocenters. The lowest BCUT2D eigenvalue weighted by Gasteiger charge is -2.35. The van der Waals surface area contributed by atoms with E-state index >= 15 is 8.78 Å². The number of amides is 1. The van der Waals surface area contributed by atoms with Crippen molar-refractivity contribution in [3.63, 3.8) is 0 Å². The van der Waals surface area contributed by atoms with Gasteiger partial charge in [-0.1, -0.05) is 25.0 Å². The highest BCUT2D eigenvalue weighted by Gasteiger charge is 2.49. The van der Waals surface area contributed by atoms with E-state index in [0.29, 0.717) is 30.7 Å². The maximum absolute atomic E-state index is 16.3. The highest BCUT2D eigenvalue weighted by atomic mass is 19.1. The van der Waals surface area contributed by atoms with Crippen LogP contribution in [0.25, 0.3) is 22.1 Å². The fourth-order valence-electron chi connectivity index (χ4n) is 12.2. The van der Waals surface area contributed by atoms with E-state index < -0.39 is 17.2 Å². The molecule has 60 heavy (non-hydrogen) atoms. The number of carbonyl (C=O) groups is 1. The summed E-state index contributed by atoms with van der Waals surface area (Å²) in [5.41, 5.74) is 5.84. The number of fused-ring (bicyclic) bond motifs is 4. The predicted molar refractivity (Wildman–Crippen MR) is 230 cm³/mol. The molecule has 316 valence electrons. The number of piperidine rings is 1. The molecule has 3 aromatic carbocycles. The molecule has 2 aromatic heterocycles. The van der Waals surface area contributed by atoms with Gasteiger partial charge in [0.15, 0.2) is 11.6 Å². The average Bonchev–Trinajstić information content (AvgIpc) is 4.06. The van der Waals surface area contributed by atoms with Crippen LogP contribution in [0.5, 0.6) is 0 Å². The van der Waals surface area contributed by atoms with Gasteiger partial charge in [0, 0.05) is 30.9 Å². The maximum atomic E-state index is 16.3. The summed E-state index contributed by atoms with van der Waals surface area (Å²) < 4.78 is 38.5. The molecule has 3 N–H and O–H groups in total. The van der Waals surface area contributed by atoms with Crippen LogP contribution in [-0.4, -0.2) is 61.7 Å². The number of aromatic amines is 2. The molecule has 0 radical (unpaired) electrons. The first-order chi connectivity index (χ1) is 29.0. The van der Waals surface area contributed by atoms with Crippen LogP contribution in [0.3, 0.4) is 0 Å². The van der Waals surface area contributed by atoms with Crippen molar-refractivity contribution in [3.05, 3.63) is 82.9 Å². The Balaban J connectivity index is 0.937. The van der Waals surface area contributed by atoms with Crippen LogP contribution < -0.4 is 15.1 Å². The molecule has 3 unspecified atom stereocenters. The Kier molecular flexibility index (Phi) is 9.39. The third kappa shape index (κ3) is 6.72. The minimum atomic E-state index is -0.592. The lowest BCUT2D eigenvalue weighted by atomic mass is 10.0. The van der Waals surface area contributed by atoms with E-state index in [4.69, 9.17) is 14.7 Å². The maximum Gasteiger partial charge on any atom is 0.411 e. The third-order valence-corrected chi connectivity index (χ3v) is 14.9. The number of halogens is 2. The van der Waals surface area contributed by atoms with Crippen LogP contribution in [0.15, 0.2) is 48.5 Å². The Morgan fingerprint density at radius 2 is 1.35 bits per heavy atom. The highest BCUT2D eigenvalue weighted by molar-refractivity contribution is 5.78. The standard InChI is InChI=1S/C48H58F2N8O2/c1-48(2,3)60-47(59)58-40-12-8-10-28(40)24-43(58)46-53-36-16-14-30(23-38(36)55-46)42-18-17-41(57(42)31-25-32(49)44(33(50)26-31)56-19-5-4-6-20-56)29-13-15-35-37(22-29)54-45(52-35)39-21-27-9-7-11-34(27)51-39/h13-16,22-23,25-28,34,39-43,51H,4-12,17-21,24H2,1-3H3,(H,52,54)(H,53,55)/t27?,28-,34?,39-,40-,41?,42+,43-/m0/s1. The van der Waals surface area contributed by atoms with E-state index in [-0.39, 0.29) is 42.0 Å². The third-order valence-electron chi connectivity index (χ3n) is 14.9. The zero-order chi connectivity index (χ0) is 40.9. The smallest absolute Gasteiger partial charge is 0.411 e. The monoisotopic (exact) mass is 816 g/mol.